The van der Waals surface area contributed by atoms with Gasteiger partial charge in [0.25, 0.3) is 11.8 Å². The Morgan fingerprint density at radius 1 is 0.690 bits per heavy atom. The first-order valence-electron chi connectivity index (χ1n) is 11.1. The van der Waals surface area contributed by atoms with Gasteiger partial charge in [-0.15, -0.1) is 0 Å². The summed E-state index contributed by atoms with van der Waals surface area (Å²) < 4.78 is 102. The van der Waals surface area contributed by atoms with Gasteiger partial charge in [0.2, 0.25) is 0 Å². The third kappa shape index (κ3) is 8.60. The van der Waals surface area contributed by atoms with Gasteiger partial charge in [0, 0.05) is 18.6 Å². The smallest absolute Gasteiger partial charge is 0.319 e. The molecule has 0 radical (unpaired) electrons. The number of benzene rings is 2. The Morgan fingerprint density at radius 3 is 1.64 bits per heavy atom. The first-order valence-corrected chi connectivity index (χ1v) is 11.9. The average Bonchev–Trinajstić information content (AvgIpc) is 2.90. The zero-order valence-electron chi connectivity index (χ0n) is 20.4. The van der Waals surface area contributed by atoms with Crippen molar-refractivity contribution in [1.29, 1.82) is 0 Å². The number of amides is 2. The molecular formula is C26H14Cl2F8N4O2. The molecule has 0 atom stereocenters. The van der Waals surface area contributed by atoms with E-state index in [4.69, 9.17) is 23.2 Å². The summed E-state index contributed by atoms with van der Waals surface area (Å²) in [6, 6.07) is 7.73. The summed E-state index contributed by atoms with van der Waals surface area (Å²) in [4.78, 5) is 31.0. The number of halogens is 10. The molecule has 2 N–H and O–H groups in total. The lowest BCUT2D eigenvalue weighted by atomic mass is 10.2. The monoisotopic (exact) mass is 636 g/mol. The maximum atomic E-state index is 13.6. The van der Waals surface area contributed by atoms with Gasteiger partial charge in [-0.3, -0.25) is 14.6 Å². The van der Waals surface area contributed by atoms with Gasteiger partial charge in [0.15, 0.2) is 0 Å². The molecule has 6 nitrogen and oxygen atoms in total. The summed E-state index contributed by atoms with van der Waals surface area (Å²) in [6.07, 6.45) is -5.61. The third-order valence-electron chi connectivity index (χ3n) is 5.09. The lowest BCUT2D eigenvalue weighted by Gasteiger charge is -2.10. The Hall–Kier alpha value is -4.30. The van der Waals surface area contributed by atoms with Crippen molar-refractivity contribution in [2.24, 2.45) is 0 Å². The van der Waals surface area contributed by atoms with Crippen LogP contribution in [0.3, 0.4) is 0 Å². The van der Waals surface area contributed by atoms with Crippen LogP contribution in [0.5, 0.6) is 0 Å². The molecule has 0 fully saturated rings. The number of rotatable bonds is 4. The highest BCUT2D eigenvalue weighted by atomic mass is 35.5. The van der Waals surface area contributed by atoms with Crippen LogP contribution in [0.2, 0.25) is 10.2 Å². The fourth-order valence-corrected chi connectivity index (χ4v) is 3.33. The van der Waals surface area contributed by atoms with Crippen molar-refractivity contribution < 1.29 is 44.7 Å². The quantitative estimate of drug-likeness (QED) is 0.174. The number of nitrogens with zero attached hydrogens (tertiary/aromatic N) is 2. The molecule has 0 unspecified atom stereocenters. The summed E-state index contributed by atoms with van der Waals surface area (Å²) in [5, 5.41) is 4.57. The highest BCUT2D eigenvalue weighted by molar-refractivity contribution is 6.34. The maximum absolute atomic E-state index is 13.6. The standard InChI is InChI=1S/2C13H7ClF4N2O/c14-11-4-1-7(6-19-11)12(21)20-10-3-2-8(5-9(10)15)13(16,17)18;14-9-3-4-19-6-8(9)12(21)20-11-2-1-7(5-10(11)15)13(16,17)18/h2*1-6H,(H,20,21). The summed E-state index contributed by atoms with van der Waals surface area (Å²) in [7, 11) is 0. The zero-order valence-corrected chi connectivity index (χ0v) is 21.9. The second-order valence-electron chi connectivity index (χ2n) is 8.02. The minimum Gasteiger partial charge on any atom is -0.319 e. The molecule has 0 aliphatic heterocycles. The SMILES string of the molecule is O=C(Nc1ccc(C(F)(F)F)cc1F)c1ccc(Cl)nc1.O=C(Nc1ccc(C(F)(F)F)cc1F)c1cnccc1Cl. The van der Waals surface area contributed by atoms with Gasteiger partial charge in [0.05, 0.1) is 38.7 Å². The molecule has 0 aliphatic carbocycles. The topological polar surface area (TPSA) is 84.0 Å². The van der Waals surface area contributed by atoms with Crippen LogP contribution >= 0.6 is 23.2 Å². The predicted octanol–water partition coefficient (Wildman–Crippen LogP) is 8.29. The van der Waals surface area contributed by atoms with E-state index in [2.05, 4.69) is 20.6 Å². The number of anilines is 2. The van der Waals surface area contributed by atoms with Gasteiger partial charge in [-0.1, -0.05) is 23.2 Å². The van der Waals surface area contributed by atoms with E-state index in [9.17, 15) is 44.7 Å². The van der Waals surface area contributed by atoms with Crippen LogP contribution in [0.15, 0.2) is 73.2 Å². The molecule has 2 amide bonds. The minimum atomic E-state index is -4.66. The molecule has 2 heterocycles. The van der Waals surface area contributed by atoms with Gasteiger partial charge in [0.1, 0.15) is 16.8 Å². The van der Waals surface area contributed by atoms with Crippen molar-refractivity contribution in [2.75, 3.05) is 10.6 Å². The van der Waals surface area contributed by atoms with Crippen molar-refractivity contribution in [2.45, 2.75) is 12.4 Å². The molecule has 0 saturated heterocycles. The van der Waals surface area contributed by atoms with Crippen LogP contribution in [-0.4, -0.2) is 21.8 Å². The number of nitrogens with one attached hydrogen (secondary N) is 2. The van der Waals surface area contributed by atoms with E-state index in [0.29, 0.717) is 24.3 Å². The van der Waals surface area contributed by atoms with Crippen LogP contribution < -0.4 is 10.6 Å². The Balaban J connectivity index is 0.000000230. The Labute approximate surface area is 241 Å². The second-order valence-corrected chi connectivity index (χ2v) is 8.81. The summed E-state index contributed by atoms with van der Waals surface area (Å²) in [5.41, 5.74) is -2.93. The van der Waals surface area contributed by atoms with Gasteiger partial charge in [-0.2, -0.15) is 26.3 Å². The number of carbonyl (C=O) groups is 2. The maximum Gasteiger partial charge on any atom is 0.416 e. The minimum absolute atomic E-state index is 0.0153. The lowest BCUT2D eigenvalue weighted by Crippen LogP contribution is -2.14. The van der Waals surface area contributed by atoms with E-state index in [1.165, 1.54) is 36.8 Å². The molecule has 220 valence electrons. The van der Waals surface area contributed by atoms with Crippen LogP contribution in [0.1, 0.15) is 31.8 Å². The summed E-state index contributed by atoms with van der Waals surface area (Å²) >= 11 is 11.3. The first-order chi connectivity index (χ1) is 19.6. The molecule has 2 aromatic heterocycles. The van der Waals surface area contributed by atoms with E-state index in [0.717, 1.165) is 12.1 Å². The van der Waals surface area contributed by atoms with Crippen LogP contribution in [0.4, 0.5) is 46.5 Å². The van der Waals surface area contributed by atoms with Crippen molar-refractivity contribution in [3.8, 4) is 0 Å². The summed E-state index contributed by atoms with van der Waals surface area (Å²) in [6.45, 7) is 0. The fourth-order valence-electron chi connectivity index (χ4n) is 3.02. The summed E-state index contributed by atoms with van der Waals surface area (Å²) in [5.74, 6) is -3.86. The third-order valence-corrected chi connectivity index (χ3v) is 5.64. The van der Waals surface area contributed by atoms with Crippen molar-refractivity contribution >= 4 is 46.4 Å². The van der Waals surface area contributed by atoms with Gasteiger partial charge < -0.3 is 10.6 Å². The lowest BCUT2D eigenvalue weighted by molar-refractivity contribution is -0.138. The predicted molar refractivity (Wildman–Crippen MR) is 137 cm³/mol. The molecule has 2 aromatic carbocycles. The highest BCUT2D eigenvalue weighted by Crippen LogP contribution is 2.32. The highest BCUT2D eigenvalue weighted by Gasteiger charge is 2.32. The molecule has 16 heteroatoms. The number of pyridine rings is 2. The zero-order chi connectivity index (χ0) is 31.2. The molecule has 4 rings (SSSR count). The molecular weight excluding hydrogens is 623 g/mol. The number of carbonyl (C=O) groups excluding carboxylic acids is 2. The van der Waals surface area contributed by atoms with Gasteiger partial charge in [-0.05, 0) is 54.6 Å². The normalized spacial score (nSPS) is 11.3. The number of hydrogen-bond acceptors (Lipinski definition) is 4. The van der Waals surface area contributed by atoms with Crippen molar-refractivity contribution in [3.05, 3.63) is 117 Å². The molecule has 0 bridgehead atoms. The number of alkyl halides is 6. The van der Waals surface area contributed by atoms with Gasteiger partial charge >= 0.3 is 12.4 Å². The van der Waals surface area contributed by atoms with Crippen LogP contribution in [-0.2, 0) is 12.4 Å². The van der Waals surface area contributed by atoms with E-state index in [-0.39, 0.29) is 32.7 Å². The van der Waals surface area contributed by atoms with E-state index in [1.807, 2.05) is 0 Å². The van der Waals surface area contributed by atoms with E-state index >= 15 is 0 Å². The van der Waals surface area contributed by atoms with Crippen molar-refractivity contribution in [1.82, 2.24) is 9.97 Å². The molecule has 0 aliphatic rings. The van der Waals surface area contributed by atoms with E-state index in [1.54, 1.807) is 0 Å². The molecule has 0 saturated carbocycles. The Bertz CT molecular complexity index is 1600. The van der Waals surface area contributed by atoms with E-state index < -0.39 is 46.9 Å². The fraction of sp³-hybridized carbons (Fsp3) is 0.0769. The largest absolute Gasteiger partial charge is 0.416 e. The Kier molecular flexibility index (Phi) is 10.1. The first kappa shape index (κ1) is 32.2. The molecule has 42 heavy (non-hydrogen) atoms. The van der Waals surface area contributed by atoms with Crippen LogP contribution in [0.25, 0.3) is 0 Å². The van der Waals surface area contributed by atoms with Crippen molar-refractivity contribution in [3.63, 3.8) is 0 Å². The molecule has 0 spiro atoms. The molecule has 4 aromatic rings. The second kappa shape index (κ2) is 13.1. The van der Waals surface area contributed by atoms with Crippen LogP contribution in [0, 0.1) is 11.6 Å². The average molecular weight is 637 g/mol. The van der Waals surface area contributed by atoms with Gasteiger partial charge in [-0.25, -0.2) is 13.8 Å². The number of hydrogen-bond donors (Lipinski definition) is 2. The Morgan fingerprint density at radius 2 is 1.21 bits per heavy atom. The number of aromatic nitrogens is 2.